The molecule has 0 aromatic heterocycles. The summed E-state index contributed by atoms with van der Waals surface area (Å²) in [5.74, 6) is 0. The van der Waals surface area contributed by atoms with Crippen LogP contribution in [0.2, 0.25) is 0 Å². The summed E-state index contributed by atoms with van der Waals surface area (Å²) in [4.78, 5) is 0. The first-order chi connectivity index (χ1) is 13.4. The molecule has 2 unspecified atom stereocenters. The third kappa shape index (κ3) is 17.9. The Hall–Kier alpha value is -0.130. The largest absolute Gasteiger partial charge is 0.393 e. The number of hydrogen-bond donors (Lipinski definition) is 2. The zero-order valence-electron chi connectivity index (χ0n) is 18.7. The van der Waals surface area contributed by atoms with Crippen LogP contribution >= 0.6 is 0 Å². The van der Waals surface area contributed by atoms with Gasteiger partial charge in [0.2, 0.25) is 0 Å². The summed E-state index contributed by atoms with van der Waals surface area (Å²) in [6, 6.07) is 0. The highest BCUT2D eigenvalue weighted by molar-refractivity contribution is 7.86. The quantitative estimate of drug-likeness (QED) is 0.154. The predicted molar refractivity (Wildman–Crippen MR) is 120 cm³/mol. The Labute approximate surface area is 175 Å². The molecule has 0 spiro atoms. The zero-order chi connectivity index (χ0) is 21.1. The highest BCUT2D eigenvalue weighted by Gasteiger charge is 2.21. The lowest BCUT2D eigenvalue weighted by atomic mass is 10.0. The van der Waals surface area contributed by atoms with Crippen LogP contribution in [-0.4, -0.2) is 29.4 Å². The number of hydrogen-bond acceptors (Lipinski definition) is 3. The molecule has 0 saturated carbocycles. The van der Waals surface area contributed by atoms with E-state index in [1.807, 2.05) is 6.92 Å². The molecule has 0 heterocycles. The summed E-state index contributed by atoms with van der Waals surface area (Å²) >= 11 is 0. The highest BCUT2D eigenvalue weighted by Crippen LogP contribution is 2.19. The molecule has 0 aromatic carbocycles. The van der Waals surface area contributed by atoms with Gasteiger partial charge in [-0.2, -0.15) is 8.42 Å². The van der Waals surface area contributed by atoms with E-state index in [1.165, 1.54) is 57.8 Å². The second-order valence-corrected chi connectivity index (χ2v) is 10.2. The molecule has 0 rings (SSSR count). The summed E-state index contributed by atoms with van der Waals surface area (Å²) in [6.45, 7) is 4.23. The topological polar surface area (TPSA) is 74.6 Å². The van der Waals surface area contributed by atoms with Crippen molar-refractivity contribution >= 4 is 10.1 Å². The summed E-state index contributed by atoms with van der Waals surface area (Å²) in [6.07, 6.45) is 20.1. The van der Waals surface area contributed by atoms with Gasteiger partial charge >= 0.3 is 0 Å². The lowest BCUT2D eigenvalue weighted by Gasteiger charge is -2.13. The first kappa shape index (κ1) is 27.9. The van der Waals surface area contributed by atoms with Gasteiger partial charge in [-0.25, -0.2) is 0 Å². The monoisotopic (exact) mass is 420 g/mol. The molecule has 2 atom stereocenters. The van der Waals surface area contributed by atoms with Crippen LogP contribution in [0.15, 0.2) is 0 Å². The second kappa shape index (κ2) is 18.9. The maximum Gasteiger partial charge on any atom is 0.267 e. The van der Waals surface area contributed by atoms with E-state index in [1.54, 1.807) is 0 Å². The lowest BCUT2D eigenvalue weighted by Crippen LogP contribution is -2.20. The minimum absolute atomic E-state index is 0.140. The van der Waals surface area contributed by atoms with Gasteiger partial charge in [0, 0.05) is 0 Å². The molecule has 4 nitrogen and oxygen atoms in total. The SMILES string of the molecule is CCCCCCCCCCC(CCCCCCCCCC(O)CC)S(=O)(=O)O. The molecule has 0 amide bonds. The van der Waals surface area contributed by atoms with E-state index in [4.69, 9.17) is 0 Å². The fraction of sp³-hybridized carbons (Fsp3) is 1.00. The number of aliphatic hydroxyl groups excluding tert-OH is 1. The molecular formula is C23H48O4S. The van der Waals surface area contributed by atoms with E-state index in [-0.39, 0.29) is 6.10 Å². The van der Waals surface area contributed by atoms with Gasteiger partial charge in [-0.05, 0) is 25.7 Å². The molecule has 0 aliphatic heterocycles. The molecule has 28 heavy (non-hydrogen) atoms. The summed E-state index contributed by atoms with van der Waals surface area (Å²) < 4.78 is 32.7. The van der Waals surface area contributed by atoms with Crippen molar-refractivity contribution in [3.63, 3.8) is 0 Å². The lowest BCUT2D eigenvalue weighted by molar-refractivity contribution is 0.156. The Balaban J connectivity index is 3.69. The Morgan fingerprint density at radius 1 is 0.607 bits per heavy atom. The molecule has 170 valence electrons. The number of unbranched alkanes of at least 4 members (excludes halogenated alkanes) is 13. The molecule has 0 aliphatic rings. The van der Waals surface area contributed by atoms with Crippen molar-refractivity contribution in [2.75, 3.05) is 0 Å². The summed E-state index contributed by atoms with van der Waals surface area (Å²) in [5.41, 5.74) is 0. The van der Waals surface area contributed by atoms with Gasteiger partial charge in [-0.3, -0.25) is 4.55 Å². The van der Waals surface area contributed by atoms with Crippen LogP contribution in [0.1, 0.15) is 136 Å². The van der Waals surface area contributed by atoms with Gasteiger partial charge < -0.3 is 5.11 Å². The van der Waals surface area contributed by atoms with Crippen LogP contribution < -0.4 is 0 Å². The van der Waals surface area contributed by atoms with Crippen molar-refractivity contribution < 1.29 is 18.1 Å². The fourth-order valence-corrected chi connectivity index (χ4v) is 4.72. The molecule has 0 aliphatic carbocycles. The minimum atomic E-state index is -3.91. The van der Waals surface area contributed by atoms with Crippen LogP contribution in [0.4, 0.5) is 0 Å². The maximum atomic E-state index is 11.6. The Bertz CT molecular complexity index is 422. The van der Waals surface area contributed by atoms with Crippen molar-refractivity contribution in [3.05, 3.63) is 0 Å². The molecule has 2 N–H and O–H groups in total. The van der Waals surface area contributed by atoms with Crippen LogP contribution in [0.5, 0.6) is 0 Å². The molecular weight excluding hydrogens is 372 g/mol. The van der Waals surface area contributed by atoms with E-state index in [0.29, 0.717) is 12.8 Å². The van der Waals surface area contributed by atoms with E-state index in [2.05, 4.69) is 6.92 Å². The van der Waals surface area contributed by atoms with Crippen molar-refractivity contribution in [2.24, 2.45) is 0 Å². The standard InChI is InChI=1S/C23H48O4S/c1-3-5-6-7-8-11-14-17-20-23(28(25,26)27)21-18-15-12-9-10-13-16-19-22(24)4-2/h22-24H,3-21H2,1-2H3,(H,25,26,27). The van der Waals surface area contributed by atoms with Gasteiger partial charge in [-0.15, -0.1) is 0 Å². The molecule has 0 bridgehead atoms. The Kier molecular flexibility index (Phi) is 18.8. The van der Waals surface area contributed by atoms with Gasteiger partial charge in [0.05, 0.1) is 11.4 Å². The zero-order valence-corrected chi connectivity index (χ0v) is 19.5. The van der Waals surface area contributed by atoms with E-state index in [0.717, 1.165) is 51.4 Å². The average molecular weight is 421 g/mol. The minimum Gasteiger partial charge on any atom is -0.393 e. The van der Waals surface area contributed by atoms with Gasteiger partial charge in [0.25, 0.3) is 10.1 Å². The molecule has 0 saturated heterocycles. The van der Waals surface area contributed by atoms with Gasteiger partial charge in [0.15, 0.2) is 0 Å². The molecule has 5 heteroatoms. The van der Waals surface area contributed by atoms with E-state index < -0.39 is 15.4 Å². The van der Waals surface area contributed by atoms with Crippen molar-refractivity contribution in [3.8, 4) is 0 Å². The number of aliphatic hydroxyl groups is 1. The Morgan fingerprint density at radius 2 is 0.964 bits per heavy atom. The first-order valence-corrected chi connectivity index (χ1v) is 13.6. The number of rotatable bonds is 21. The van der Waals surface area contributed by atoms with Crippen LogP contribution in [0.25, 0.3) is 0 Å². The van der Waals surface area contributed by atoms with Crippen LogP contribution in [0.3, 0.4) is 0 Å². The first-order valence-electron chi connectivity index (χ1n) is 12.1. The van der Waals surface area contributed by atoms with E-state index in [9.17, 15) is 18.1 Å². The van der Waals surface area contributed by atoms with Gasteiger partial charge in [-0.1, -0.05) is 110 Å². The van der Waals surface area contributed by atoms with Crippen LogP contribution in [0, 0.1) is 0 Å². The van der Waals surface area contributed by atoms with Gasteiger partial charge in [0.1, 0.15) is 0 Å². The summed E-state index contributed by atoms with van der Waals surface area (Å²) in [7, 11) is -3.91. The normalized spacial score (nSPS) is 14.3. The summed E-state index contributed by atoms with van der Waals surface area (Å²) in [5, 5.41) is 8.95. The average Bonchev–Trinajstić information content (AvgIpc) is 2.65. The highest BCUT2D eigenvalue weighted by atomic mass is 32.2. The van der Waals surface area contributed by atoms with Crippen molar-refractivity contribution in [1.82, 2.24) is 0 Å². The molecule has 0 radical (unpaired) electrons. The molecule has 0 fully saturated rings. The Morgan fingerprint density at radius 3 is 1.32 bits per heavy atom. The van der Waals surface area contributed by atoms with Crippen molar-refractivity contribution in [2.45, 2.75) is 147 Å². The fourth-order valence-electron chi connectivity index (χ4n) is 3.79. The maximum absolute atomic E-state index is 11.6. The molecule has 0 aromatic rings. The van der Waals surface area contributed by atoms with E-state index >= 15 is 0 Å². The van der Waals surface area contributed by atoms with Crippen molar-refractivity contribution in [1.29, 1.82) is 0 Å². The smallest absolute Gasteiger partial charge is 0.267 e. The predicted octanol–water partition coefficient (Wildman–Crippen LogP) is 7.06. The van der Waals surface area contributed by atoms with Crippen LogP contribution in [-0.2, 0) is 10.1 Å². The second-order valence-electron chi connectivity index (χ2n) is 8.51. The third-order valence-corrected chi connectivity index (χ3v) is 7.15. The third-order valence-electron chi connectivity index (χ3n) is 5.84.